The summed E-state index contributed by atoms with van der Waals surface area (Å²) in [6, 6.07) is 18.4. The number of hydrogen-bond donors (Lipinski definition) is 2. The van der Waals surface area contributed by atoms with E-state index < -0.39 is 0 Å². The van der Waals surface area contributed by atoms with Crippen LogP contribution in [0.15, 0.2) is 66.4 Å². The first kappa shape index (κ1) is 13.1. The van der Waals surface area contributed by atoms with Crippen molar-refractivity contribution in [1.82, 2.24) is 5.32 Å². The molecule has 0 atom stereocenters. The number of hydrogen-bond acceptors (Lipinski definition) is 2. The predicted molar refractivity (Wildman–Crippen MR) is 75.4 cm³/mol. The van der Waals surface area contributed by atoms with Crippen LogP contribution in [0.2, 0.25) is 0 Å². The second kappa shape index (κ2) is 6.52. The number of rotatable bonds is 4. The molecule has 2 aromatic rings. The second-order valence-corrected chi connectivity index (χ2v) is 4.06. The van der Waals surface area contributed by atoms with Crippen LogP contribution in [0.5, 0.6) is 0 Å². The fourth-order valence-corrected chi connectivity index (χ4v) is 1.68. The van der Waals surface area contributed by atoms with Gasteiger partial charge in [0.2, 0.25) is 0 Å². The molecular weight excluding hydrogens is 238 g/mol. The lowest BCUT2D eigenvalue weighted by atomic mass is 10.2. The third-order valence-electron chi connectivity index (χ3n) is 2.62. The molecule has 0 spiro atoms. The van der Waals surface area contributed by atoms with Gasteiger partial charge in [-0.05, 0) is 23.8 Å². The molecule has 2 rings (SSSR count). The fourth-order valence-electron chi connectivity index (χ4n) is 1.68. The maximum atomic E-state index is 11.9. The zero-order valence-electron chi connectivity index (χ0n) is 10.4. The van der Waals surface area contributed by atoms with E-state index in [1.807, 2.05) is 36.4 Å². The minimum atomic E-state index is -0.225. The lowest BCUT2D eigenvalue weighted by Gasteiger charge is -2.07. The Bertz CT molecular complexity index is 562. The minimum Gasteiger partial charge on any atom is -0.390 e. The average molecular weight is 253 g/mol. The Morgan fingerprint density at radius 2 is 1.58 bits per heavy atom. The van der Waals surface area contributed by atoms with Gasteiger partial charge in [-0.2, -0.15) is 0 Å². The van der Waals surface area contributed by atoms with Gasteiger partial charge in [-0.25, -0.2) is 0 Å². The fraction of sp³-hybridized carbons (Fsp3) is 0.0625. The second-order valence-electron chi connectivity index (χ2n) is 4.06. The van der Waals surface area contributed by atoms with E-state index in [0.717, 1.165) is 5.56 Å². The molecule has 0 saturated heterocycles. The Balaban J connectivity index is 2.12. The van der Waals surface area contributed by atoms with E-state index in [1.54, 1.807) is 30.3 Å². The van der Waals surface area contributed by atoms with Crippen LogP contribution in [0.4, 0.5) is 0 Å². The van der Waals surface area contributed by atoms with Gasteiger partial charge in [0.15, 0.2) is 0 Å². The van der Waals surface area contributed by atoms with E-state index in [-0.39, 0.29) is 12.5 Å². The van der Waals surface area contributed by atoms with Crippen LogP contribution >= 0.6 is 0 Å². The van der Waals surface area contributed by atoms with E-state index in [0.29, 0.717) is 11.3 Å². The summed E-state index contributed by atoms with van der Waals surface area (Å²) in [5, 5.41) is 12.0. The average Bonchev–Trinajstić information content (AvgIpc) is 2.48. The van der Waals surface area contributed by atoms with Crippen molar-refractivity contribution in [1.29, 1.82) is 0 Å². The molecule has 0 fully saturated rings. The molecule has 0 heterocycles. The largest absolute Gasteiger partial charge is 0.390 e. The molecule has 0 aromatic heterocycles. The lowest BCUT2D eigenvalue weighted by Crippen LogP contribution is -2.24. The Kier molecular flexibility index (Phi) is 4.48. The normalized spacial score (nSPS) is 11.1. The first-order valence-electron chi connectivity index (χ1n) is 6.02. The van der Waals surface area contributed by atoms with Crippen molar-refractivity contribution in [2.45, 2.75) is 0 Å². The van der Waals surface area contributed by atoms with Crippen molar-refractivity contribution in [2.75, 3.05) is 6.61 Å². The molecule has 0 radical (unpaired) electrons. The Labute approximate surface area is 112 Å². The van der Waals surface area contributed by atoms with E-state index in [1.165, 1.54) is 0 Å². The Morgan fingerprint density at radius 1 is 1.00 bits per heavy atom. The summed E-state index contributed by atoms with van der Waals surface area (Å²) in [4.78, 5) is 11.9. The van der Waals surface area contributed by atoms with Gasteiger partial charge in [0.1, 0.15) is 0 Å². The van der Waals surface area contributed by atoms with Crippen LogP contribution in [0.1, 0.15) is 15.9 Å². The number of nitrogens with one attached hydrogen (secondary N) is 1. The molecule has 19 heavy (non-hydrogen) atoms. The van der Waals surface area contributed by atoms with Gasteiger partial charge >= 0.3 is 0 Å². The highest BCUT2D eigenvalue weighted by Gasteiger charge is 2.06. The third kappa shape index (κ3) is 3.79. The summed E-state index contributed by atoms with van der Waals surface area (Å²) >= 11 is 0. The smallest absolute Gasteiger partial charge is 0.255 e. The van der Waals surface area contributed by atoms with Crippen molar-refractivity contribution in [2.24, 2.45) is 0 Å². The number of carbonyl (C=O) groups excluding carboxylic acids is 1. The van der Waals surface area contributed by atoms with Crippen molar-refractivity contribution in [3.63, 3.8) is 0 Å². The summed E-state index contributed by atoms with van der Waals surface area (Å²) in [6.07, 6.45) is 1.75. The summed E-state index contributed by atoms with van der Waals surface area (Å²) in [5.74, 6) is -0.225. The highest BCUT2D eigenvalue weighted by atomic mass is 16.3. The summed E-state index contributed by atoms with van der Waals surface area (Å²) in [7, 11) is 0. The monoisotopic (exact) mass is 253 g/mol. The Hall–Kier alpha value is -2.39. The van der Waals surface area contributed by atoms with Crippen molar-refractivity contribution < 1.29 is 9.90 Å². The van der Waals surface area contributed by atoms with E-state index in [4.69, 9.17) is 0 Å². The first-order chi connectivity index (χ1) is 9.29. The molecule has 0 unspecified atom stereocenters. The number of aliphatic hydroxyl groups excluding tert-OH is 1. The topological polar surface area (TPSA) is 49.3 Å². The van der Waals surface area contributed by atoms with Crippen LogP contribution in [0.3, 0.4) is 0 Å². The quantitative estimate of drug-likeness (QED) is 0.879. The molecular formula is C16H15NO2. The Morgan fingerprint density at radius 3 is 2.16 bits per heavy atom. The van der Waals surface area contributed by atoms with Gasteiger partial charge in [0, 0.05) is 11.3 Å². The van der Waals surface area contributed by atoms with Gasteiger partial charge < -0.3 is 10.4 Å². The van der Waals surface area contributed by atoms with E-state index in [9.17, 15) is 9.90 Å². The molecule has 0 aliphatic heterocycles. The summed E-state index contributed by atoms with van der Waals surface area (Å²) < 4.78 is 0. The maximum Gasteiger partial charge on any atom is 0.255 e. The van der Waals surface area contributed by atoms with Gasteiger partial charge in [-0.3, -0.25) is 4.79 Å². The lowest BCUT2D eigenvalue weighted by molar-refractivity contribution is 0.0960. The number of amides is 1. The number of carbonyl (C=O) groups is 1. The molecule has 0 bridgehead atoms. The van der Waals surface area contributed by atoms with E-state index >= 15 is 0 Å². The zero-order valence-corrected chi connectivity index (χ0v) is 10.4. The molecule has 0 saturated carbocycles. The van der Waals surface area contributed by atoms with E-state index in [2.05, 4.69) is 5.32 Å². The molecule has 3 nitrogen and oxygen atoms in total. The molecule has 96 valence electrons. The minimum absolute atomic E-state index is 0.215. The molecule has 1 amide bonds. The van der Waals surface area contributed by atoms with Crippen molar-refractivity contribution in [3.8, 4) is 0 Å². The molecule has 0 aliphatic rings. The molecule has 3 heteroatoms. The molecule has 2 aromatic carbocycles. The standard InChI is InChI=1S/C16H15NO2/c18-12-15(11-13-7-3-1-4-8-13)17-16(19)14-9-5-2-6-10-14/h1-11,18H,12H2,(H,17,19)/b15-11-. The van der Waals surface area contributed by atoms with Gasteiger partial charge in [0.05, 0.1) is 6.61 Å². The van der Waals surface area contributed by atoms with Crippen molar-refractivity contribution >= 4 is 12.0 Å². The number of benzene rings is 2. The predicted octanol–water partition coefficient (Wildman–Crippen LogP) is 2.45. The highest BCUT2D eigenvalue weighted by molar-refractivity contribution is 5.95. The van der Waals surface area contributed by atoms with Gasteiger partial charge in [-0.15, -0.1) is 0 Å². The van der Waals surface area contributed by atoms with Crippen LogP contribution < -0.4 is 5.32 Å². The van der Waals surface area contributed by atoms with Gasteiger partial charge in [0.25, 0.3) is 5.91 Å². The summed E-state index contributed by atoms with van der Waals surface area (Å²) in [6.45, 7) is -0.215. The van der Waals surface area contributed by atoms with Gasteiger partial charge in [-0.1, -0.05) is 48.5 Å². The maximum absolute atomic E-state index is 11.9. The molecule has 0 aliphatic carbocycles. The zero-order chi connectivity index (χ0) is 13.5. The first-order valence-corrected chi connectivity index (χ1v) is 6.02. The molecule has 2 N–H and O–H groups in total. The highest BCUT2D eigenvalue weighted by Crippen LogP contribution is 2.06. The van der Waals surface area contributed by atoms with Crippen LogP contribution in [0.25, 0.3) is 6.08 Å². The van der Waals surface area contributed by atoms with Crippen LogP contribution in [-0.2, 0) is 0 Å². The summed E-state index contributed by atoms with van der Waals surface area (Å²) in [5.41, 5.74) is 1.97. The van der Waals surface area contributed by atoms with Crippen LogP contribution in [0, 0.1) is 0 Å². The third-order valence-corrected chi connectivity index (χ3v) is 2.62. The van der Waals surface area contributed by atoms with Crippen LogP contribution in [-0.4, -0.2) is 17.6 Å². The SMILES string of the molecule is O=C(N/C(=C\c1ccccc1)CO)c1ccccc1. The van der Waals surface area contributed by atoms with Crippen molar-refractivity contribution in [3.05, 3.63) is 77.5 Å². The number of aliphatic hydroxyl groups is 1.